The fraction of sp³-hybridized carbons (Fsp3) is 0.833. The summed E-state index contributed by atoms with van der Waals surface area (Å²) in [6.07, 6.45) is 21.2. The van der Waals surface area contributed by atoms with E-state index in [1.54, 1.807) is 0 Å². The summed E-state index contributed by atoms with van der Waals surface area (Å²) >= 11 is 0. The summed E-state index contributed by atoms with van der Waals surface area (Å²) < 4.78 is 0. The molecule has 22 heavy (non-hydrogen) atoms. The number of hydrogen-bond acceptors (Lipinski definition) is 3. The lowest BCUT2D eigenvalue weighted by Crippen LogP contribution is -1.99. The highest BCUT2D eigenvalue weighted by Crippen LogP contribution is 2.09. The first-order valence-corrected chi connectivity index (χ1v) is 8.98. The molecule has 0 rings (SSSR count). The van der Waals surface area contributed by atoms with Crippen molar-refractivity contribution in [2.45, 2.75) is 89.9 Å². The maximum atomic E-state index is 10.1. The maximum absolute atomic E-state index is 10.1. The monoisotopic (exact) mass is 311 g/mol. The number of rotatable bonds is 17. The van der Waals surface area contributed by atoms with E-state index < -0.39 is 0 Å². The van der Waals surface area contributed by atoms with E-state index in [-0.39, 0.29) is 11.5 Å². The van der Waals surface area contributed by atoms with Crippen molar-refractivity contribution in [3.63, 3.8) is 0 Å². The normalized spacial score (nSPS) is 11.1. The van der Waals surface area contributed by atoms with E-state index in [2.05, 4.69) is 12.2 Å². The smallest absolute Gasteiger partial charge is 0.203 e. The number of unbranched alkanes of at least 4 members (excludes halogenated alkanes) is 12. The van der Waals surface area contributed by atoms with Gasteiger partial charge in [-0.05, 0) is 38.5 Å². The number of nitro groups is 1. The first-order chi connectivity index (χ1) is 10.8. The molecular formula is C18H33NO3. The quantitative estimate of drug-likeness (QED) is 0.117. The molecule has 0 N–H and O–H groups in total. The Morgan fingerprint density at radius 1 is 0.636 bits per heavy atom. The molecule has 4 heteroatoms. The van der Waals surface area contributed by atoms with Gasteiger partial charge >= 0.3 is 0 Å². The molecule has 0 aliphatic rings. The van der Waals surface area contributed by atoms with E-state index in [9.17, 15) is 14.9 Å². The molecule has 0 aliphatic carbocycles. The second-order valence-corrected chi connectivity index (χ2v) is 5.95. The molecule has 0 aliphatic heterocycles. The van der Waals surface area contributed by atoms with Gasteiger partial charge in [0, 0.05) is 17.8 Å². The zero-order chi connectivity index (χ0) is 16.3. The molecule has 4 nitrogen and oxygen atoms in total. The van der Waals surface area contributed by atoms with Gasteiger partial charge in [0.1, 0.15) is 6.29 Å². The molecule has 0 aromatic heterocycles. The van der Waals surface area contributed by atoms with Crippen LogP contribution in [-0.4, -0.2) is 17.8 Å². The Labute approximate surface area is 135 Å². The van der Waals surface area contributed by atoms with Crippen LogP contribution in [-0.2, 0) is 4.79 Å². The van der Waals surface area contributed by atoms with Crippen molar-refractivity contribution >= 4 is 6.29 Å². The number of allylic oxidation sites excluding steroid dienone is 2. The van der Waals surface area contributed by atoms with Gasteiger partial charge in [-0.15, -0.1) is 0 Å². The molecule has 0 atom stereocenters. The van der Waals surface area contributed by atoms with Gasteiger partial charge in [-0.25, -0.2) is 0 Å². The van der Waals surface area contributed by atoms with Gasteiger partial charge in [-0.1, -0.05) is 50.7 Å². The topological polar surface area (TPSA) is 60.2 Å². The SMILES string of the molecule is O=CCCCCCCC/C=C\CCCCCCCC[N+](=O)[O-]. The predicted molar refractivity (Wildman–Crippen MR) is 91.7 cm³/mol. The van der Waals surface area contributed by atoms with Crippen LogP contribution in [0.2, 0.25) is 0 Å². The molecule has 0 spiro atoms. The summed E-state index contributed by atoms with van der Waals surface area (Å²) in [6.45, 7) is 0.125. The molecular weight excluding hydrogens is 278 g/mol. The van der Waals surface area contributed by atoms with E-state index in [1.165, 1.54) is 51.4 Å². The molecule has 0 unspecified atom stereocenters. The van der Waals surface area contributed by atoms with Gasteiger partial charge in [0.25, 0.3) is 0 Å². The minimum absolute atomic E-state index is 0.125. The summed E-state index contributed by atoms with van der Waals surface area (Å²) in [5, 5.41) is 10.1. The Morgan fingerprint density at radius 3 is 1.50 bits per heavy atom. The van der Waals surface area contributed by atoms with Crippen molar-refractivity contribution in [3.8, 4) is 0 Å². The van der Waals surface area contributed by atoms with E-state index in [0.717, 1.165) is 44.8 Å². The summed E-state index contributed by atoms with van der Waals surface area (Å²) in [5.74, 6) is 0. The van der Waals surface area contributed by atoms with Crippen LogP contribution in [0.3, 0.4) is 0 Å². The minimum Gasteiger partial charge on any atom is -0.303 e. The molecule has 0 heterocycles. The fourth-order valence-corrected chi connectivity index (χ4v) is 2.47. The van der Waals surface area contributed by atoms with Crippen molar-refractivity contribution in [1.29, 1.82) is 0 Å². The third-order valence-electron chi connectivity index (χ3n) is 3.82. The van der Waals surface area contributed by atoms with Crippen LogP contribution in [0.15, 0.2) is 12.2 Å². The maximum Gasteiger partial charge on any atom is 0.203 e. The molecule has 0 bridgehead atoms. The summed E-state index contributed by atoms with van der Waals surface area (Å²) in [7, 11) is 0. The minimum atomic E-state index is -0.226. The lowest BCUT2D eigenvalue weighted by atomic mass is 10.1. The predicted octanol–water partition coefficient (Wildman–Crippen LogP) is 5.48. The second-order valence-electron chi connectivity index (χ2n) is 5.95. The van der Waals surface area contributed by atoms with Gasteiger partial charge in [0.2, 0.25) is 6.54 Å². The number of aldehydes is 1. The van der Waals surface area contributed by atoms with Crippen molar-refractivity contribution in [3.05, 3.63) is 22.3 Å². The Morgan fingerprint density at radius 2 is 1.05 bits per heavy atom. The van der Waals surface area contributed by atoms with Gasteiger partial charge < -0.3 is 4.79 Å². The Kier molecular flexibility index (Phi) is 16.9. The molecule has 0 amide bonds. The Balaban J connectivity index is 3.08. The number of hydrogen-bond donors (Lipinski definition) is 0. The molecule has 0 aromatic carbocycles. The lowest BCUT2D eigenvalue weighted by Gasteiger charge is -1.99. The highest BCUT2D eigenvalue weighted by Gasteiger charge is 1.96. The first kappa shape index (κ1) is 20.8. The fourth-order valence-electron chi connectivity index (χ4n) is 2.47. The summed E-state index contributed by atoms with van der Waals surface area (Å²) in [5.41, 5.74) is 0. The van der Waals surface area contributed by atoms with Gasteiger partial charge in [-0.3, -0.25) is 10.1 Å². The largest absolute Gasteiger partial charge is 0.303 e. The van der Waals surface area contributed by atoms with E-state index in [0.29, 0.717) is 0 Å². The van der Waals surface area contributed by atoms with Crippen LogP contribution >= 0.6 is 0 Å². The van der Waals surface area contributed by atoms with Crippen molar-refractivity contribution in [2.24, 2.45) is 0 Å². The van der Waals surface area contributed by atoms with Crippen LogP contribution in [0.25, 0.3) is 0 Å². The van der Waals surface area contributed by atoms with E-state index >= 15 is 0 Å². The highest BCUT2D eigenvalue weighted by molar-refractivity contribution is 5.48. The third kappa shape index (κ3) is 18.8. The molecule has 0 fully saturated rings. The molecule has 0 saturated heterocycles. The van der Waals surface area contributed by atoms with Crippen LogP contribution in [0.4, 0.5) is 0 Å². The van der Waals surface area contributed by atoms with E-state index in [4.69, 9.17) is 0 Å². The molecule has 0 radical (unpaired) electrons. The molecule has 0 aromatic rings. The van der Waals surface area contributed by atoms with Crippen LogP contribution in [0.1, 0.15) is 89.9 Å². The second kappa shape index (κ2) is 17.9. The van der Waals surface area contributed by atoms with Crippen molar-refractivity contribution in [2.75, 3.05) is 6.54 Å². The number of carbonyl (C=O) groups excluding carboxylic acids is 1. The average molecular weight is 311 g/mol. The highest BCUT2D eigenvalue weighted by atomic mass is 16.6. The lowest BCUT2D eigenvalue weighted by molar-refractivity contribution is -0.480. The molecule has 0 saturated carbocycles. The summed E-state index contributed by atoms with van der Waals surface area (Å²) in [6, 6.07) is 0. The van der Waals surface area contributed by atoms with E-state index in [1.807, 2.05) is 0 Å². The van der Waals surface area contributed by atoms with Gasteiger partial charge in [-0.2, -0.15) is 0 Å². The van der Waals surface area contributed by atoms with Crippen molar-refractivity contribution in [1.82, 2.24) is 0 Å². The zero-order valence-electron chi connectivity index (χ0n) is 14.0. The number of carbonyl (C=O) groups is 1. The van der Waals surface area contributed by atoms with Gasteiger partial charge in [0.05, 0.1) is 0 Å². The van der Waals surface area contributed by atoms with Crippen LogP contribution in [0.5, 0.6) is 0 Å². The van der Waals surface area contributed by atoms with Crippen LogP contribution in [0, 0.1) is 10.1 Å². The number of nitrogens with zero attached hydrogens (tertiary/aromatic N) is 1. The molecule has 128 valence electrons. The van der Waals surface area contributed by atoms with Crippen molar-refractivity contribution < 1.29 is 9.72 Å². The average Bonchev–Trinajstić information content (AvgIpc) is 2.50. The Hall–Kier alpha value is -1.19. The van der Waals surface area contributed by atoms with Crippen LogP contribution < -0.4 is 0 Å². The zero-order valence-corrected chi connectivity index (χ0v) is 14.0. The summed E-state index contributed by atoms with van der Waals surface area (Å²) in [4.78, 5) is 20.1. The first-order valence-electron chi connectivity index (χ1n) is 8.98. The Bertz CT molecular complexity index is 290. The third-order valence-corrected chi connectivity index (χ3v) is 3.82. The standard InChI is InChI=1S/C18H33NO3/c20-18-16-14-12-10-8-6-4-2-1-3-5-7-9-11-13-15-17-19(21)22/h1-2,18H,3-17H2/b2-1-. The van der Waals surface area contributed by atoms with Gasteiger partial charge in [0.15, 0.2) is 0 Å².